The maximum absolute atomic E-state index is 15.0. The molecule has 0 spiro atoms. The summed E-state index contributed by atoms with van der Waals surface area (Å²) in [5.74, 6) is 2.59. The van der Waals surface area contributed by atoms with Crippen LogP contribution in [0.5, 0.6) is 5.75 Å². The van der Waals surface area contributed by atoms with Crippen molar-refractivity contribution in [2.45, 2.75) is 112 Å². The van der Waals surface area contributed by atoms with Crippen LogP contribution in [0, 0.1) is 29.6 Å². The van der Waals surface area contributed by atoms with Gasteiger partial charge in [0.05, 0.1) is 6.42 Å². The first-order valence-electron chi connectivity index (χ1n) is 19.8. The monoisotopic (exact) mass is 724 g/mol. The van der Waals surface area contributed by atoms with E-state index in [2.05, 4.69) is 59.9 Å². The zero-order valence-electron chi connectivity index (χ0n) is 33.3. The van der Waals surface area contributed by atoms with Crippen molar-refractivity contribution < 1.29 is 23.0 Å². The molecular formula is C48H62F2O3. The summed E-state index contributed by atoms with van der Waals surface area (Å²) in [5, 5.41) is 0. The Morgan fingerprint density at radius 2 is 1.45 bits per heavy atom. The molecule has 0 heterocycles. The standard InChI is InChI=1S/C48H62F2O3/c1-10-37(39-17-12-32(5)13-18-39)26-41(30-49)35(8)36(9)52-43-21-16-34(7)45(24-22-43)46-25-23-44(29-47(46)31(3)4)53-48(51)28-42(50)27-38(11-2)40-19-14-33(6)15-20-40/h10-11,16,21-27,29,31-34,39-40H,8-9,12-15,17-20,28,30H2,1-7H3/b37-10+,38-11+,41-26-,42-27+. The van der Waals surface area contributed by atoms with Crippen molar-refractivity contribution in [2.75, 3.05) is 6.67 Å². The molecule has 2 fully saturated rings. The van der Waals surface area contributed by atoms with Crippen molar-refractivity contribution in [3.8, 4) is 5.75 Å². The molecule has 1 aromatic carbocycles. The Hall–Kier alpha value is -3.99. The largest absolute Gasteiger partial charge is 0.457 e. The molecule has 5 heteroatoms. The number of alkyl halides is 1. The van der Waals surface area contributed by atoms with Gasteiger partial charge in [-0.1, -0.05) is 110 Å². The molecule has 0 amide bonds. The van der Waals surface area contributed by atoms with Crippen LogP contribution in [0.2, 0.25) is 0 Å². The molecule has 3 nitrogen and oxygen atoms in total. The summed E-state index contributed by atoms with van der Waals surface area (Å²) >= 11 is 0. The van der Waals surface area contributed by atoms with E-state index in [0.717, 1.165) is 72.3 Å². The van der Waals surface area contributed by atoms with Crippen molar-refractivity contribution in [3.63, 3.8) is 0 Å². The maximum Gasteiger partial charge on any atom is 0.318 e. The van der Waals surface area contributed by atoms with E-state index in [-0.39, 0.29) is 11.8 Å². The van der Waals surface area contributed by atoms with Gasteiger partial charge in [0.25, 0.3) is 0 Å². The van der Waals surface area contributed by atoms with Crippen LogP contribution < -0.4 is 4.74 Å². The number of carbonyl (C=O) groups is 1. The Morgan fingerprint density at radius 3 is 2.00 bits per heavy atom. The molecule has 2 saturated carbocycles. The van der Waals surface area contributed by atoms with Crippen LogP contribution in [0.15, 0.2) is 120 Å². The highest BCUT2D eigenvalue weighted by atomic mass is 19.1. The van der Waals surface area contributed by atoms with Gasteiger partial charge in [0.15, 0.2) is 0 Å². The predicted octanol–water partition coefficient (Wildman–Crippen LogP) is 14.0. The van der Waals surface area contributed by atoms with Crippen LogP contribution in [-0.2, 0) is 9.53 Å². The highest BCUT2D eigenvalue weighted by molar-refractivity contribution is 5.77. The van der Waals surface area contributed by atoms with Gasteiger partial charge in [0.1, 0.15) is 29.8 Å². The Bertz CT molecular complexity index is 1690. The van der Waals surface area contributed by atoms with E-state index >= 15 is 4.39 Å². The van der Waals surface area contributed by atoms with Crippen molar-refractivity contribution in [2.24, 2.45) is 29.6 Å². The molecule has 286 valence electrons. The van der Waals surface area contributed by atoms with Crippen LogP contribution in [-0.4, -0.2) is 12.6 Å². The average molecular weight is 725 g/mol. The Balaban J connectivity index is 1.45. The molecule has 0 radical (unpaired) electrons. The molecule has 1 unspecified atom stereocenters. The van der Waals surface area contributed by atoms with Gasteiger partial charge < -0.3 is 9.47 Å². The van der Waals surface area contributed by atoms with Crippen molar-refractivity contribution in [1.29, 1.82) is 0 Å². The predicted molar refractivity (Wildman–Crippen MR) is 218 cm³/mol. The van der Waals surface area contributed by atoms with Gasteiger partial charge in [-0.3, -0.25) is 4.79 Å². The summed E-state index contributed by atoms with van der Waals surface area (Å²) in [5.41, 5.74) is 6.18. The van der Waals surface area contributed by atoms with E-state index in [0.29, 0.717) is 46.2 Å². The Morgan fingerprint density at radius 1 is 0.868 bits per heavy atom. The Kier molecular flexibility index (Phi) is 15.7. The lowest BCUT2D eigenvalue weighted by molar-refractivity contribution is -0.133. The summed E-state index contributed by atoms with van der Waals surface area (Å²) in [6, 6.07) is 5.62. The second-order valence-electron chi connectivity index (χ2n) is 15.8. The molecule has 4 rings (SSSR count). The number of allylic oxidation sites excluding steroid dienone is 12. The first kappa shape index (κ1) is 41.8. The minimum atomic E-state index is -0.649. The number of rotatable bonds is 14. The molecule has 0 aliphatic heterocycles. The van der Waals surface area contributed by atoms with Crippen LogP contribution in [0.4, 0.5) is 8.78 Å². The number of benzene rings is 1. The quantitative estimate of drug-likeness (QED) is 0.0829. The van der Waals surface area contributed by atoms with Crippen LogP contribution in [0.1, 0.15) is 123 Å². The topological polar surface area (TPSA) is 35.5 Å². The number of halogens is 2. The number of hydrogen-bond acceptors (Lipinski definition) is 3. The van der Waals surface area contributed by atoms with Crippen molar-refractivity contribution >= 4 is 11.5 Å². The fraction of sp³-hybridized carbons (Fsp3) is 0.479. The number of carbonyl (C=O) groups excluding carboxylic acids is 1. The minimum absolute atomic E-state index is 0.0407. The average Bonchev–Trinajstić information content (AvgIpc) is 3.32. The molecule has 0 N–H and O–H groups in total. The van der Waals surface area contributed by atoms with E-state index in [1.54, 1.807) is 6.07 Å². The molecule has 53 heavy (non-hydrogen) atoms. The lowest BCUT2D eigenvalue weighted by Gasteiger charge is -2.27. The molecule has 1 atom stereocenters. The molecule has 0 aromatic heterocycles. The first-order chi connectivity index (χ1) is 25.3. The van der Waals surface area contributed by atoms with E-state index in [1.165, 1.54) is 18.9 Å². The molecule has 0 saturated heterocycles. The SMILES string of the molecule is C=C(OC1=CC=C(c2ccc(OC(=O)C/C(F)=C\C(=C/C)C3CCC(C)CC3)cc2C(C)C)C(C)C=C1)C(=C)/C(=C\C(=C/C)C1CCC(C)CC1)CF. The fourth-order valence-corrected chi connectivity index (χ4v) is 7.86. The van der Waals surface area contributed by atoms with Crippen molar-refractivity contribution in [3.05, 3.63) is 131 Å². The lowest BCUT2D eigenvalue weighted by atomic mass is 9.78. The second kappa shape index (κ2) is 19.9. The van der Waals surface area contributed by atoms with E-state index < -0.39 is 24.9 Å². The first-order valence-corrected chi connectivity index (χ1v) is 19.8. The van der Waals surface area contributed by atoms with Gasteiger partial charge >= 0.3 is 5.97 Å². The number of ether oxygens (including phenoxy) is 2. The third-order valence-corrected chi connectivity index (χ3v) is 11.4. The van der Waals surface area contributed by atoms with Gasteiger partial charge in [0.2, 0.25) is 0 Å². The third kappa shape index (κ3) is 11.7. The van der Waals surface area contributed by atoms with Crippen molar-refractivity contribution in [1.82, 2.24) is 0 Å². The summed E-state index contributed by atoms with van der Waals surface area (Å²) in [6.45, 7) is 22.4. The van der Waals surface area contributed by atoms with Gasteiger partial charge in [0, 0.05) is 11.5 Å². The third-order valence-electron chi connectivity index (χ3n) is 11.4. The summed E-state index contributed by atoms with van der Waals surface area (Å²) < 4.78 is 41.3. The molecule has 3 aliphatic rings. The zero-order valence-corrected chi connectivity index (χ0v) is 33.3. The van der Waals surface area contributed by atoms with E-state index in [9.17, 15) is 9.18 Å². The molecule has 0 bridgehead atoms. The van der Waals surface area contributed by atoms with E-state index in [1.807, 2.05) is 56.4 Å². The highest BCUT2D eigenvalue weighted by Gasteiger charge is 2.24. The molecule has 3 aliphatic carbocycles. The van der Waals surface area contributed by atoms with Gasteiger partial charge in [-0.25, -0.2) is 8.78 Å². The van der Waals surface area contributed by atoms with Crippen LogP contribution in [0.3, 0.4) is 0 Å². The summed E-state index contributed by atoms with van der Waals surface area (Å²) in [7, 11) is 0. The van der Waals surface area contributed by atoms with Crippen LogP contribution in [0.25, 0.3) is 5.57 Å². The van der Waals surface area contributed by atoms with E-state index in [4.69, 9.17) is 9.47 Å². The summed E-state index contributed by atoms with van der Waals surface area (Å²) in [6.07, 6.45) is 24.0. The van der Waals surface area contributed by atoms with Gasteiger partial charge in [-0.05, 0) is 133 Å². The fourth-order valence-electron chi connectivity index (χ4n) is 7.86. The van der Waals surface area contributed by atoms with Gasteiger partial charge in [-0.15, -0.1) is 0 Å². The Labute approximate surface area is 318 Å². The number of esters is 1. The lowest BCUT2D eigenvalue weighted by Crippen LogP contribution is -2.14. The smallest absolute Gasteiger partial charge is 0.318 e. The maximum atomic E-state index is 15.0. The number of hydrogen-bond donors (Lipinski definition) is 0. The summed E-state index contributed by atoms with van der Waals surface area (Å²) in [4.78, 5) is 12.9. The molecular weight excluding hydrogens is 663 g/mol. The zero-order chi connectivity index (χ0) is 38.7. The second-order valence-corrected chi connectivity index (χ2v) is 15.8. The van der Waals surface area contributed by atoms with Gasteiger partial charge in [-0.2, -0.15) is 0 Å². The molecule has 1 aromatic rings. The highest BCUT2D eigenvalue weighted by Crippen LogP contribution is 2.38. The minimum Gasteiger partial charge on any atom is -0.457 e. The van der Waals surface area contributed by atoms with Crippen LogP contribution >= 0.6 is 0 Å². The normalized spacial score (nSPS) is 24.7.